The van der Waals surface area contributed by atoms with Gasteiger partial charge in [-0.3, -0.25) is 13.9 Å². The van der Waals surface area contributed by atoms with Crippen LogP contribution in [0, 0.1) is 19.8 Å². The summed E-state index contributed by atoms with van der Waals surface area (Å²) in [5, 5.41) is 0. The monoisotopic (exact) mass is 410 g/mol. The number of anilines is 1. The highest BCUT2D eigenvalue weighted by molar-refractivity contribution is 7.92. The van der Waals surface area contributed by atoms with Gasteiger partial charge in [0.1, 0.15) is 6.04 Å². The number of amides is 1. The first-order chi connectivity index (χ1) is 13.1. The first kappa shape index (κ1) is 22.2. The second-order valence-corrected chi connectivity index (χ2v) is 9.25. The van der Waals surface area contributed by atoms with E-state index >= 15 is 0 Å². The van der Waals surface area contributed by atoms with E-state index in [1.54, 1.807) is 11.0 Å². The number of ether oxygens (including phenoxy) is 1. The van der Waals surface area contributed by atoms with Gasteiger partial charge in [0.2, 0.25) is 15.9 Å². The fraction of sp³-hybridized carbons (Fsp3) is 0.600. The molecule has 156 valence electrons. The molecule has 2 rings (SSSR count). The minimum atomic E-state index is -3.67. The smallest absolute Gasteiger partial charge is 0.308 e. The molecule has 1 aromatic carbocycles. The second kappa shape index (κ2) is 8.94. The van der Waals surface area contributed by atoms with E-state index in [1.807, 2.05) is 32.9 Å². The highest BCUT2D eigenvalue weighted by Crippen LogP contribution is 2.29. The van der Waals surface area contributed by atoms with Crippen molar-refractivity contribution in [1.29, 1.82) is 0 Å². The van der Waals surface area contributed by atoms with Crippen molar-refractivity contribution in [2.24, 2.45) is 5.92 Å². The molecular weight excluding hydrogens is 380 g/mol. The van der Waals surface area contributed by atoms with Crippen molar-refractivity contribution in [2.45, 2.75) is 46.1 Å². The van der Waals surface area contributed by atoms with E-state index in [1.165, 1.54) is 11.4 Å². The number of aryl methyl sites for hydroxylation is 2. The van der Waals surface area contributed by atoms with Gasteiger partial charge in [-0.2, -0.15) is 0 Å². The average Bonchev–Trinajstić information content (AvgIpc) is 2.66. The summed E-state index contributed by atoms with van der Waals surface area (Å²) in [6.07, 6.45) is 2.54. The molecule has 1 fully saturated rings. The SMILES string of the molecule is CC[C@H](C(=O)N1CCC(C(=O)OC)CC1)N(c1cc(C)ccc1C)S(C)(=O)=O. The maximum absolute atomic E-state index is 13.2. The Morgan fingerprint density at radius 3 is 2.36 bits per heavy atom. The third kappa shape index (κ3) is 4.84. The molecule has 8 heteroatoms. The molecule has 1 amide bonds. The van der Waals surface area contributed by atoms with Crippen molar-refractivity contribution in [2.75, 3.05) is 30.8 Å². The molecule has 1 saturated heterocycles. The van der Waals surface area contributed by atoms with Gasteiger partial charge in [-0.15, -0.1) is 0 Å². The standard InChI is InChI=1S/C20H30N2O5S/c1-6-17(19(23)21-11-9-16(10-12-21)20(24)27-4)22(28(5,25)26)18-13-14(2)7-8-15(18)3/h7-8,13,16-17H,6,9-12H2,1-5H3/t17-/m1/s1. The van der Waals surface area contributed by atoms with Crippen LogP contribution in [0.15, 0.2) is 18.2 Å². The van der Waals surface area contributed by atoms with Gasteiger partial charge in [-0.05, 0) is 50.3 Å². The molecule has 28 heavy (non-hydrogen) atoms. The average molecular weight is 411 g/mol. The van der Waals surface area contributed by atoms with E-state index in [-0.39, 0.29) is 17.8 Å². The van der Waals surface area contributed by atoms with Crippen LogP contribution in [0.5, 0.6) is 0 Å². The Morgan fingerprint density at radius 2 is 1.86 bits per heavy atom. The molecule has 0 aliphatic carbocycles. The molecule has 0 bridgehead atoms. The topological polar surface area (TPSA) is 84.0 Å². The predicted octanol–water partition coefficient (Wildman–Crippen LogP) is 2.26. The van der Waals surface area contributed by atoms with Crippen molar-refractivity contribution in [3.8, 4) is 0 Å². The summed E-state index contributed by atoms with van der Waals surface area (Å²) in [4.78, 5) is 26.6. The number of sulfonamides is 1. The molecule has 1 aliphatic rings. The zero-order valence-electron chi connectivity index (χ0n) is 17.3. The molecule has 1 aliphatic heterocycles. The van der Waals surface area contributed by atoms with E-state index in [0.29, 0.717) is 38.0 Å². The van der Waals surface area contributed by atoms with E-state index < -0.39 is 16.1 Å². The molecule has 0 unspecified atom stereocenters. The van der Waals surface area contributed by atoms with Crippen LogP contribution in [0.3, 0.4) is 0 Å². The van der Waals surface area contributed by atoms with Gasteiger partial charge in [0.25, 0.3) is 0 Å². The number of benzene rings is 1. The lowest BCUT2D eigenvalue weighted by Gasteiger charge is -2.37. The Hall–Kier alpha value is -2.09. The number of methoxy groups -OCH3 is 1. The Balaban J connectivity index is 2.31. The number of likely N-dealkylation sites (tertiary alicyclic amines) is 1. The van der Waals surface area contributed by atoms with Gasteiger partial charge in [0.05, 0.1) is 25.0 Å². The fourth-order valence-corrected chi connectivity index (χ4v) is 4.94. The number of nitrogens with zero attached hydrogens (tertiary/aromatic N) is 2. The lowest BCUT2D eigenvalue weighted by molar-refractivity contribution is -0.149. The molecule has 0 spiro atoms. The van der Waals surface area contributed by atoms with E-state index in [0.717, 1.165) is 17.4 Å². The number of hydrogen-bond donors (Lipinski definition) is 0. The van der Waals surface area contributed by atoms with Crippen LogP contribution in [0.4, 0.5) is 5.69 Å². The van der Waals surface area contributed by atoms with Gasteiger partial charge in [-0.1, -0.05) is 19.1 Å². The molecule has 0 radical (unpaired) electrons. The highest BCUT2D eigenvalue weighted by Gasteiger charge is 2.37. The minimum absolute atomic E-state index is 0.209. The van der Waals surface area contributed by atoms with Crippen molar-refractivity contribution in [3.05, 3.63) is 29.3 Å². The van der Waals surface area contributed by atoms with E-state index in [9.17, 15) is 18.0 Å². The number of carbonyl (C=O) groups is 2. The summed E-state index contributed by atoms with van der Waals surface area (Å²) in [5.41, 5.74) is 2.26. The fourth-order valence-electron chi connectivity index (χ4n) is 3.69. The summed E-state index contributed by atoms with van der Waals surface area (Å²) >= 11 is 0. The summed E-state index contributed by atoms with van der Waals surface area (Å²) in [7, 11) is -2.31. The van der Waals surface area contributed by atoms with Crippen molar-refractivity contribution in [1.82, 2.24) is 4.90 Å². The summed E-state index contributed by atoms with van der Waals surface area (Å²) in [6, 6.07) is 4.77. The van der Waals surface area contributed by atoms with E-state index in [2.05, 4.69) is 0 Å². The van der Waals surface area contributed by atoms with Gasteiger partial charge in [-0.25, -0.2) is 8.42 Å². The summed E-state index contributed by atoms with van der Waals surface area (Å²) in [5.74, 6) is -0.691. The molecule has 0 saturated carbocycles. The quantitative estimate of drug-likeness (QED) is 0.672. The van der Waals surface area contributed by atoms with Gasteiger partial charge in [0, 0.05) is 13.1 Å². The summed E-state index contributed by atoms with van der Waals surface area (Å²) in [6.45, 7) is 6.38. The van der Waals surface area contributed by atoms with Crippen molar-refractivity contribution < 1.29 is 22.7 Å². The molecule has 1 aromatic rings. The number of piperidine rings is 1. The van der Waals surface area contributed by atoms with Crippen LogP contribution in [-0.4, -0.2) is 57.7 Å². The molecule has 0 N–H and O–H groups in total. The maximum atomic E-state index is 13.2. The lowest BCUT2D eigenvalue weighted by Crippen LogP contribution is -2.53. The van der Waals surface area contributed by atoms with Crippen LogP contribution < -0.4 is 4.31 Å². The molecule has 0 aromatic heterocycles. The first-order valence-corrected chi connectivity index (χ1v) is 11.4. The van der Waals surface area contributed by atoms with Crippen molar-refractivity contribution >= 4 is 27.6 Å². The van der Waals surface area contributed by atoms with Crippen molar-refractivity contribution in [3.63, 3.8) is 0 Å². The van der Waals surface area contributed by atoms with Crippen LogP contribution in [0.2, 0.25) is 0 Å². The molecule has 7 nitrogen and oxygen atoms in total. The summed E-state index contributed by atoms with van der Waals surface area (Å²) < 4.78 is 31.4. The lowest BCUT2D eigenvalue weighted by atomic mass is 9.96. The highest BCUT2D eigenvalue weighted by atomic mass is 32.2. The number of esters is 1. The normalized spacial score (nSPS) is 16.5. The second-order valence-electron chi connectivity index (χ2n) is 7.40. The Kier molecular flexibility index (Phi) is 7.09. The number of hydrogen-bond acceptors (Lipinski definition) is 5. The Labute approximate surface area is 167 Å². The largest absolute Gasteiger partial charge is 0.469 e. The van der Waals surface area contributed by atoms with Crippen LogP contribution in [0.25, 0.3) is 0 Å². The third-order valence-electron chi connectivity index (χ3n) is 5.26. The predicted molar refractivity (Wildman–Crippen MR) is 109 cm³/mol. The van der Waals surface area contributed by atoms with Gasteiger partial charge >= 0.3 is 5.97 Å². The molecule has 1 heterocycles. The first-order valence-electron chi connectivity index (χ1n) is 9.53. The zero-order chi connectivity index (χ0) is 21.1. The third-order valence-corrected chi connectivity index (χ3v) is 6.42. The Morgan fingerprint density at radius 1 is 1.25 bits per heavy atom. The minimum Gasteiger partial charge on any atom is -0.469 e. The van der Waals surface area contributed by atoms with Crippen LogP contribution in [0.1, 0.15) is 37.3 Å². The zero-order valence-corrected chi connectivity index (χ0v) is 18.1. The Bertz CT molecular complexity index is 829. The maximum Gasteiger partial charge on any atom is 0.308 e. The van der Waals surface area contributed by atoms with Gasteiger partial charge in [0.15, 0.2) is 0 Å². The molecular formula is C20H30N2O5S. The van der Waals surface area contributed by atoms with Crippen LogP contribution in [-0.2, 0) is 24.3 Å². The van der Waals surface area contributed by atoms with E-state index in [4.69, 9.17) is 4.74 Å². The molecule has 1 atom stereocenters. The van der Waals surface area contributed by atoms with Gasteiger partial charge < -0.3 is 9.64 Å². The van der Waals surface area contributed by atoms with Crippen LogP contribution >= 0.6 is 0 Å². The number of rotatable bonds is 6. The number of carbonyl (C=O) groups excluding carboxylic acids is 2.